The van der Waals surface area contributed by atoms with Crippen LogP contribution in [-0.2, 0) is 12.3 Å². The van der Waals surface area contributed by atoms with E-state index in [-0.39, 0.29) is 0 Å². The third kappa shape index (κ3) is 2.83. The van der Waals surface area contributed by atoms with E-state index in [2.05, 4.69) is 36.4 Å². The van der Waals surface area contributed by atoms with Crippen LogP contribution in [0.5, 0.6) is 0 Å². The average Bonchev–Trinajstić information content (AvgIpc) is 3.09. The highest BCUT2D eigenvalue weighted by Gasteiger charge is 2.12. The van der Waals surface area contributed by atoms with Crippen molar-refractivity contribution in [1.29, 1.82) is 0 Å². The Morgan fingerprint density at radius 1 is 1.29 bits per heavy atom. The van der Waals surface area contributed by atoms with Crippen molar-refractivity contribution in [2.45, 2.75) is 44.1 Å². The molecule has 0 saturated carbocycles. The topological polar surface area (TPSA) is 43.9 Å². The van der Waals surface area contributed by atoms with Crippen molar-refractivity contribution in [3.05, 3.63) is 42.1 Å². The van der Waals surface area contributed by atoms with E-state index in [1.807, 2.05) is 24.4 Å². The second kappa shape index (κ2) is 5.93. The summed E-state index contributed by atoms with van der Waals surface area (Å²) in [6, 6.07) is 8.23. The highest BCUT2D eigenvalue weighted by molar-refractivity contribution is 7.98. The Morgan fingerprint density at radius 2 is 2.10 bits per heavy atom. The maximum absolute atomic E-state index is 5.75. The van der Waals surface area contributed by atoms with Gasteiger partial charge in [0, 0.05) is 12.5 Å². The first-order valence-corrected chi connectivity index (χ1v) is 8.20. The molecule has 0 aliphatic carbocycles. The van der Waals surface area contributed by atoms with Gasteiger partial charge < -0.3 is 8.98 Å². The van der Waals surface area contributed by atoms with Crippen molar-refractivity contribution >= 4 is 22.8 Å². The Labute approximate surface area is 128 Å². The molecule has 0 bridgehead atoms. The number of nitrogens with zero attached hydrogens (tertiary/aromatic N) is 3. The largest absolute Gasteiger partial charge is 0.445 e. The van der Waals surface area contributed by atoms with Gasteiger partial charge in [-0.2, -0.15) is 0 Å². The molecule has 4 nitrogen and oxygen atoms in total. The Kier molecular flexibility index (Phi) is 4.01. The second-order valence-corrected chi connectivity index (χ2v) is 6.17. The number of aryl methyl sites for hydroxylation is 1. The van der Waals surface area contributed by atoms with Crippen molar-refractivity contribution in [2.75, 3.05) is 0 Å². The molecule has 0 unspecified atom stereocenters. The van der Waals surface area contributed by atoms with Gasteiger partial charge >= 0.3 is 0 Å². The molecule has 0 saturated heterocycles. The van der Waals surface area contributed by atoms with Crippen molar-refractivity contribution < 1.29 is 4.42 Å². The smallest absolute Gasteiger partial charge is 0.204 e. The van der Waals surface area contributed by atoms with E-state index in [0.29, 0.717) is 11.7 Å². The molecular formula is C16H19N3OS. The van der Waals surface area contributed by atoms with Crippen LogP contribution < -0.4 is 0 Å². The van der Waals surface area contributed by atoms with E-state index < -0.39 is 0 Å². The fourth-order valence-corrected chi connectivity index (χ4v) is 3.19. The minimum Gasteiger partial charge on any atom is -0.445 e. The van der Waals surface area contributed by atoms with Crippen molar-refractivity contribution in [3.63, 3.8) is 0 Å². The molecule has 0 atom stereocenters. The number of fused-ring (bicyclic) bond motifs is 1. The van der Waals surface area contributed by atoms with Gasteiger partial charge in [-0.25, -0.2) is 9.97 Å². The molecule has 3 aromatic rings. The van der Waals surface area contributed by atoms with E-state index in [1.54, 1.807) is 11.8 Å². The Balaban J connectivity index is 1.81. The summed E-state index contributed by atoms with van der Waals surface area (Å²) >= 11 is 1.67. The number of benzene rings is 1. The number of imidazole rings is 1. The lowest BCUT2D eigenvalue weighted by Gasteiger charge is -2.04. The molecule has 0 N–H and O–H groups in total. The van der Waals surface area contributed by atoms with Crippen LogP contribution in [0.4, 0.5) is 0 Å². The summed E-state index contributed by atoms with van der Waals surface area (Å²) in [7, 11) is 0. The van der Waals surface area contributed by atoms with Gasteiger partial charge in [-0.15, -0.1) is 0 Å². The summed E-state index contributed by atoms with van der Waals surface area (Å²) < 4.78 is 7.97. The molecule has 0 amide bonds. The fourth-order valence-electron chi connectivity index (χ4n) is 2.25. The first-order chi connectivity index (χ1) is 10.2. The van der Waals surface area contributed by atoms with Gasteiger partial charge in [0.1, 0.15) is 5.76 Å². The van der Waals surface area contributed by atoms with Crippen LogP contribution >= 0.6 is 11.8 Å². The predicted octanol–water partition coefficient (Wildman–Crippen LogP) is 4.46. The third-order valence-electron chi connectivity index (χ3n) is 3.40. The second-order valence-electron chi connectivity index (χ2n) is 5.23. The van der Waals surface area contributed by atoms with Gasteiger partial charge in [0.05, 0.1) is 23.0 Å². The van der Waals surface area contributed by atoms with Crippen LogP contribution in [0.3, 0.4) is 0 Å². The quantitative estimate of drug-likeness (QED) is 0.653. The van der Waals surface area contributed by atoms with Crippen LogP contribution in [0.15, 0.2) is 40.0 Å². The molecule has 21 heavy (non-hydrogen) atoms. The minimum absolute atomic E-state index is 0.372. The van der Waals surface area contributed by atoms with E-state index in [4.69, 9.17) is 9.40 Å². The molecule has 2 heterocycles. The van der Waals surface area contributed by atoms with Gasteiger partial charge in [-0.3, -0.25) is 0 Å². The molecule has 0 radical (unpaired) electrons. The van der Waals surface area contributed by atoms with E-state index in [9.17, 15) is 0 Å². The van der Waals surface area contributed by atoms with Gasteiger partial charge in [-0.05, 0) is 19.1 Å². The van der Waals surface area contributed by atoms with Gasteiger partial charge in [-0.1, -0.05) is 37.7 Å². The maximum atomic E-state index is 5.75. The normalized spacial score (nSPS) is 11.6. The molecular weight excluding hydrogens is 282 g/mol. The number of hydrogen-bond donors (Lipinski definition) is 0. The Hall–Kier alpha value is -1.75. The molecule has 0 aliphatic heterocycles. The predicted molar refractivity (Wildman–Crippen MR) is 85.6 cm³/mol. The molecule has 0 fully saturated rings. The van der Waals surface area contributed by atoms with Crippen LogP contribution in [0.2, 0.25) is 0 Å². The summed E-state index contributed by atoms with van der Waals surface area (Å²) in [6.07, 6.45) is 1.82. The van der Waals surface area contributed by atoms with Crippen molar-refractivity contribution in [1.82, 2.24) is 14.5 Å². The van der Waals surface area contributed by atoms with Gasteiger partial charge in [0.2, 0.25) is 5.89 Å². The first kappa shape index (κ1) is 14.2. The summed E-state index contributed by atoms with van der Waals surface area (Å²) in [5.74, 6) is 2.78. The van der Waals surface area contributed by atoms with E-state index in [0.717, 1.165) is 28.9 Å². The highest BCUT2D eigenvalue weighted by Crippen LogP contribution is 2.27. The fraction of sp³-hybridized carbons (Fsp3) is 0.375. The molecule has 5 heteroatoms. The van der Waals surface area contributed by atoms with Crippen LogP contribution in [-0.4, -0.2) is 14.5 Å². The number of hydrogen-bond acceptors (Lipinski definition) is 4. The summed E-state index contributed by atoms with van der Waals surface area (Å²) in [6.45, 7) is 7.26. The van der Waals surface area contributed by atoms with Crippen LogP contribution in [0.25, 0.3) is 11.0 Å². The highest BCUT2D eigenvalue weighted by atomic mass is 32.2. The molecule has 1 aromatic carbocycles. The third-order valence-corrected chi connectivity index (χ3v) is 4.36. The number of para-hydroxylation sites is 2. The zero-order chi connectivity index (χ0) is 14.8. The first-order valence-electron chi connectivity index (χ1n) is 7.21. The molecule has 2 aromatic heterocycles. The number of rotatable bonds is 5. The summed E-state index contributed by atoms with van der Waals surface area (Å²) in [4.78, 5) is 9.03. The average molecular weight is 301 g/mol. The maximum Gasteiger partial charge on any atom is 0.204 e. The summed E-state index contributed by atoms with van der Waals surface area (Å²) in [5, 5.41) is 1.02. The van der Waals surface area contributed by atoms with Crippen molar-refractivity contribution in [3.8, 4) is 0 Å². The lowest BCUT2D eigenvalue weighted by Crippen LogP contribution is -1.96. The Bertz CT molecular complexity index is 745. The zero-order valence-electron chi connectivity index (χ0n) is 12.5. The van der Waals surface area contributed by atoms with Crippen LogP contribution in [0.1, 0.15) is 38.3 Å². The Morgan fingerprint density at radius 3 is 2.81 bits per heavy atom. The zero-order valence-corrected chi connectivity index (χ0v) is 13.4. The van der Waals surface area contributed by atoms with Crippen LogP contribution in [0, 0.1) is 0 Å². The number of oxazole rings is 1. The number of aromatic nitrogens is 3. The van der Waals surface area contributed by atoms with Gasteiger partial charge in [0.25, 0.3) is 0 Å². The molecule has 110 valence electrons. The molecule has 3 rings (SSSR count). The van der Waals surface area contributed by atoms with E-state index in [1.165, 1.54) is 5.52 Å². The lowest BCUT2D eigenvalue weighted by atomic mass is 10.2. The molecule has 0 aliphatic rings. The van der Waals surface area contributed by atoms with Gasteiger partial charge in [0.15, 0.2) is 5.16 Å². The van der Waals surface area contributed by atoms with Crippen molar-refractivity contribution in [2.24, 2.45) is 0 Å². The summed E-state index contributed by atoms with van der Waals surface area (Å²) in [5.41, 5.74) is 2.22. The van der Waals surface area contributed by atoms with E-state index >= 15 is 0 Å². The molecule has 0 spiro atoms. The monoisotopic (exact) mass is 301 g/mol. The minimum atomic E-state index is 0.372. The lowest BCUT2D eigenvalue weighted by molar-refractivity contribution is 0.453. The SMILES string of the molecule is CCn1c(SCc2ncc(C(C)C)o2)nc2ccccc21. The standard InChI is InChI=1S/C16H19N3OS/c1-4-19-13-8-6-5-7-12(13)18-16(19)21-10-15-17-9-14(20-15)11(2)3/h5-9,11H,4,10H2,1-3H3. The number of thioether (sulfide) groups is 1.